The molecule has 2 aliphatic rings. The van der Waals surface area contributed by atoms with Gasteiger partial charge in [-0.2, -0.15) is 0 Å². The van der Waals surface area contributed by atoms with Gasteiger partial charge in [-0.05, 0) is 30.4 Å². The molecule has 1 aliphatic carbocycles. The van der Waals surface area contributed by atoms with Gasteiger partial charge in [0.15, 0.2) is 4.87 Å². The van der Waals surface area contributed by atoms with Gasteiger partial charge >= 0.3 is 5.97 Å². The second-order valence-corrected chi connectivity index (χ2v) is 5.83. The predicted molar refractivity (Wildman–Crippen MR) is 76.4 cm³/mol. The van der Waals surface area contributed by atoms with E-state index in [0.29, 0.717) is 0 Å². The Morgan fingerprint density at radius 3 is 2.65 bits per heavy atom. The van der Waals surface area contributed by atoms with Gasteiger partial charge in [0.05, 0.1) is 0 Å². The lowest BCUT2D eigenvalue weighted by atomic mass is 9.81. The number of benzene rings is 1. The monoisotopic (exact) mass is 292 g/mol. The van der Waals surface area contributed by atoms with Gasteiger partial charge < -0.3 is 9.47 Å². The summed E-state index contributed by atoms with van der Waals surface area (Å²) in [7, 11) is 1.60. The third kappa shape index (κ3) is 1.97. The van der Waals surface area contributed by atoms with Crippen LogP contribution in [0.15, 0.2) is 41.7 Å². The van der Waals surface area contributed by atoms with Crippen LogP contribution in [0.25, 0.3) is 0 Å². The van der Waals surface area contributed by atoms with E-state index in [1.165, 1.54) is 0 Å². The standard InChI is InChI=1S/C16H17ClO3/c1-19-14-12-9-5-6-10-13(12)20-15(18)16(14,17)11-7-3-2-4-8-11/h2-4,7-8,14H,5-6,9-10H2,1H3. The molecule has 0 amide bonds. The highest BCUT2D eigenvalue weighted by Crippen LogP contribution is 2.47. The third-order valence-corrected chi connectivity index (χ3v) is 4.65. The molecule has 1 aliphatic heterocycles. The molecule has 0 aromatic heterocycles. The minimum absolute atomic E-state index is 0.433. The highest BCUT2D eigenvalue weighted by molar-refractivity contribution is 6.35. The van der Waals surface area contributed by atoms with Gasteiger partial charge in [0.25, 0.3) is 0 Å². The molecule has 0 radical (unpaired) electrons. The topological polar surface area (TPSA) is 35.5 Å². The zero-order valence-electron chi connectivity index (χ0n) is 11.4. The lowest BCUT2D eigenvalue weighted by Gasteiger charge is -2.40. The van der Waals surface area contributed by atoms with Crippen molar-refractivity contribution >= 4 is 17.6 Å². The Labute approximate surface area is 123 Å². The molecule has 1 aromatic carbocycles. The van der Waals surface area contributed by atoms with Crippen molar-refractivity contribution in [3.05, 3.63) is 47.2 Å². The lowest BCUT2D eigenvalue weighted by molar-refractivity contribution is -0.150. The van der Waals surface area contributed by atoms with Crippen LogP contribution < -0.4 is 0 Å². The minimum atomic E-state index is -1.29. The largest absolute Gasteiger partial charge is 0.429 e. The summed E-state index contributed by atoms with van der Waals surface area (Å²) in [5.41, 5.74) is 1.76. The van der Waals surface area contributed by atoms with Crippen LogP contribution in [-0.2, 0) is 19.1 Å². The molecule has 0 saturated heterocycles. The number of ether oxygens (including phenoxy) is 2. The number of carbonyl (C=O) groups excluding carboxylic acids is 1. The SMILES string of the molecule is COC1C2=C(CCCC2)OC(=O)C1(Cl)c1ccccc1. The van der Waals surface area contributed by atoms with Crippen molar-refractivity contribution in [1.29, 1.82) is 0 Å². The summed E-state index contributed by atoms with van der Waals surface area (Å²) in [6.07, 6.45) is 3.34. The number of hydrogen-bond donors (Lipinski definition) is 0. The van der Waals surface area contributed by atoms with Crippen LogP contribution in [0.2, 0.25) is 0 Å². The second kappa shape index (κ2) is 5.23. The Morgan fingerprint density at radius 1 is 1.25 bits per heavy atom. The van der Waals surface area contributed by atoms with E-state index >= 15 is 0 Å². The van der Waals surface area contributed by atoms with E-state index in [2.05, 4.69) is 0 Å². The summed E-state index contributed by atoms with van der Waals surface area (Å²) >= 11 is 6.70. The number of halogens is 1. The van der Waals surface area contributed by atoms with Crippen LogP contribution in [0.1, 0.15) is 31.2 Å². The zero-order chi connectivity index (χ0) is 14.2. The number of methoxy groups -OCH3 is 1. The molecule has 3 rings (SSSR count). The summed E-state index contributed by atoms with van der Waals surface area (Å²) in [4.78, 5) is 11.2. The van der Waals surface area contributed by atoms with E-state index < -0.39 is 16.9 Å². The maximum Gasteiger partial charge on any atom is 0.339 e. The van der Waals surface area contributed by atoms with Crippen LogP contribution in [-0.4, -0.2) is 19.2 Å². The number of esters is 1. The Bertz CT molecular complexity index is 552. The molecular formula is C16H17ClO3. The van der Waals surface area contributed by atoms with Crippen molar-refractivity contribution < 1.29 is 14.3 Å². The normalized spacial score (nSPS) is 29.9. The first-order chi connectivity index (χ1) is 9.67. The van der Waals surface area contributed by atoms with Crippen molar-refractivity contribution in [2.24, 2.45) is 0 Å². The van der Waals surface area contributed by atoms with E-state index in [1.807, 2.05) is 30.3 Å². The number of allylic oxidation sites excluding steroid dienone is 1. The maximum absolute atomic E-state index is 12.5. The molecule has 0 fully saturated rings. The summed E-state index contributed by atoms with van der Waals surface area (Å²) < 4.78 is 11.1. The molecular weight excluding hydrogens is 276 g/mol. The molecule has 2 atom stereocenters. The van der Waals surface area contributed by atoms with Crippen molar-refractivity contribution in [2.45, 2.75) is 36.7 Å². The van der Waals surface area contributed by atoms with Crippen molar-refractivity contribution in [1.82, 2.24) is 0 Å². The fraction of sp³-hybridized carbons (Fsp3) is 0.438. The average molecular weight is 293 g/mol. The maximum atomic E-state index is 12.5. The molecule has 0 spiro atoms. The summed E-state index contributed by atoms with van der Waals surface area (Å²) in [6.45, 7) is 0. The number of alkyl halides is 1. The molecule has 20 heavy (non-hydrogen) atoms. The van der Waals surface area contributed by atoms with Gasteiger partial charge in [-0.15, -0.1) is 0 Å². The summed E-state index contributed by atoms with van der Waals surface area (Å²) in [5.74, 6) is 0.332. The van der Waals surface area contributed by atoms with Gasteiger partial charge in [-0.1, -0.05) is 41.9 Å². The third-order valence-electron chi connectivity index (χ3n) is 4.08. The van der Waals surface area contributed by atoms with Gasteiger partial charge in [0.1, 0.15) is 11.9 Å². The Morgan fingerprint density at radius 2 is 1.95 bits per heavy atom. The van der Waals surface area contributed by atoms with E-state index in [-0.39, 0.29) is 0 Å². The van der Waals surface area contributed by atoms with Crippen molar-refractivity contribution in [2.75, 3.05) is 7.11 Å². The molecule has 0 N–H and O–H groups in total. The fourth-order valence-electron chi connectivity index (χ4n) is 3.08. The predicted octanol–water partition coefficient (Wildman–Crippen LogP) is 3.52. The molecule has 0 bridgehead atoms. The molecule has 2 unspecified atom stereocenters. The van der Waals surface area contributed by atoms with Crippen LogP contribution in [0.3, 0.4) is 0 Å². The Balaban J connectivity index is 2.11. The fourth-order valence-corrected chi connectivity index (χ4v) is 3.47. The average Bonchev–Trinajstić information content (AvgIpc) is 2.49. The molecule has 0 saturated carbocycles. The first kappa shape index (κ1) is 13.7. The molecule has 3 nitrogen and oxygen atoms in total. The van der Waals surface area contributed by atoms with Crippen LogP contribution in [0.5, 0.6) is 0 Å². The van der Waals surface area contributed by atoms with Crippen LogP contribution in [0.4, 0.5) is 0 Å². The quantitative estimate of drug-likeness (QED) is 0.618. The highest BCUT2D eigenvalue weighted by Gasteiger charge is 2.53. The van der Waals surface area contributed by atoms with E-state index in [9.17, 15) is 4.79 Å². The molecule has 4 heteroatoms. The highest BCUT2D eigenvalue weighted by atomic mass is 35.5. The lowest BCUT2D eigenvalue weighted by Crippen LogP contribution is -2.49. The van der Waals surface area contributed by atoms with Crippen molar-refractivity contribution in [3.8, 4) is 0 Å². The van der Waals surface area contributed by atoms with Crippen LogP contribution >= 0.6 is 11.6 Å². The second-order valence-electron chi connectivity index (χ2n) is 5.24. The van der Waals surface area contributed by atoms with E-state index in [1.54, 1.807) is 7.11 Å². The smallest absolute Gasteiger partial charge is 0.339 e. The number of rotatable bonds is 2. The first-order valence-electron chi connectivity index (χ1n) is 6.89. The summed E-state index contributed by atoms with van der Waals surface area (Å²) in [6, 6.07) is 9.31. The van der Waals surface area contributed by atoms with E-state index in [4.69, 9.17) is 21.1 Å². The van der Waals surface area contributed by atoms with Crippen LogP contribution in [0, 0.1) is 0 Å². The first-order valence-corrected chi connectivity index (χ1v) is 7.27. The van der Waals surface area contributed by atoms with Crippen molar-refractivity contribution in [3.63, 3.8) is 0 Å². The zero-order valence-corrected chi connectivity index (χ0v) is 12.2. The molecule has 1 heterocycles. The minimum Gasteiger partial charge on any atom is -0.429 e. The van der Waals surface area contributed by atoms with Gasteiger partial charge in [-0.25, -0.2) is 4.79 Å². The molecule has 106 valence electrons. The van der Waals surface area contributed by atoms with Gasteiger partial charge in [-0.3, -0.25) is 0 Å². The van der Waals surface area contributed by atoms with Gasteiger partial charge in [0, 0.05) is 13.5 Å². The summed E-state index contributed by atoms with van der Waals surface area (Å²) in [5, 5.41) is 0. The van der Waals surface area contributed by atoms with E-state index in [0.717, 1.165) is 42.6 Å². The molecule has 1 aromatic rings. The number of hydrogen-bond acceptors (Lipinski definition) is 3. The Kier molecular flexibility index (Phi) is 3.57. The number of carbonyl (C=O) groups is 1. The van der Waals surface area contributed by atoms with Gasteiger partial charge in [0.2, 0.25) is 0 Å². The Hall–Kier alpha value is -1.32.